The van der Waals surface area contributed by atoms with Crippen LogP contribution in [-0.4, -0.2) is 114 Å². The molecule has 4 N–H and O–H groups in total. The van der Waals surface area contributed by atoms with Crippen molar-refractivity contribution in [3.05, 3.63) is 69.6 Å². The third-order valence-corrected chi connectivity index (χ3v) is 8.12. The van der Waals surface area contributed by atoms with Crippen molar-refractivity contribution in [2.45, 2.75) is 19.6 Å². The second-order valence-corrected chi connectivity index (χ2v) is 13.3. The first kappa shape index (κ1) is 33.8. The molecule has 0 atom stereocenters. The van der Waals surface area contributed by atoms with Gasteiger partial charge in [-0.25, -0.2) is 4.98 Å². The van der Waals surface area contributed by atoms with Crippen molar-refractivity contribution in [3.8, 4) is 12.3 Å². The SMILES string of the molecule is C#Cc1cccc(CN2CCN(CP(=O)(O)O)CCN(Cc3cccc(CN=[N+]=[N-])n3)CCN(CP(=O)(O)O)CC2)n1. The van der Waals surface area contributed by atoms with Gasteiger partial charge in [0.05, 0.1) is 17.9 Å². The minimum atomic E-state index is -4.34. The van der Waals surface area contributed by atoms with Crippen LogP contribution in [0.3, 0.4) is 0 Å². The number of hydrogen-bond donors (Lipinski definition) is 4. The lowest BCUT2D eigenvalue weighted by Crippen LogP contribution is -2.46. The lowest BCUT2D eigenvalue weighted by Gasteiger charge is -2.34. The van der Waals surface area contributed by atoms with Crippen molar-refractivity contribution in [3.63, 3.8) is 0 Å². The van der Waals surface area contributed by atoms with Crippen LogP contribution >= 0.6 is 15.2 Å². The fourth-order valence-electron chi connectivity index (χ4n) is 4.61. The number of terminal acetylenes is 1. The highest BCUT2D eigenvalue weighted by Crippen LogP contribution is 2.36. The van der Waals surface area contributed by atoms with Gasteiger partial charge in [0.15, 0.2) is 0 Å². The fraction of sp³-hybridized carbons (Fsp3) is 0.520. The maximum atomic E-state index is 12.0. The Morgan fingerprint density at radius 2 is 1.19 bits per heavy atom. The fourth-order valence-corrected chi connectivity index (χ4v) is 6.22. The van der Waals surface area contributed by atoms with E-state index in [1.807, 2.05) is 34.1 Å². The number of azide groups is 1. The highest BCUT2D eigenvalue weighted by molar-refractivity contribution is 7.51. The van der Waals surface area contributed by atoms with Gasteiger partial charge in [0.1, 0.15) is 18.3 Å². The molecule has 1 fully saturated rings. The molecule has 0 aliphatic carbocycles. The number of hydrogen-bond acceptors (Lipinski definition) is 9. The molecule has 0 aromatic carbocycles. The molecule has 15 nitrogen and oxygen atoms in total. The highest BCUT2D eigenvalue weighted by atomic mass is 31.2. The van der Waals surface area contributed by atoms with E-state index in [1.54, 1.807) is 21.9 Å². The Kier molecular flexibility index (Phi) is 13.1. The van der Waals surface area contributed by atoms with E-state index in [-0.39, 0.29) is 6.54 Å². The van der Waals surface area contributed by atoms with E-state index in [9.17, 15) is 28.7 Å². The van der Waals surface area contributed by atoms with E-state index in [1.165, 1.54) is 0 Å². The quantitative estimate of drug-likeness (QED) is 0.0979. The van der Waals surface area contributed by atoms with Crippen LogP contribution in [0.1, 0.15) is 22.8 Å². The molecule has 3 heterocycles. The average molecular weight is 622 g/mol. The normalized spacial score (nSPS) is 17.5. The van der Waals surface area contributed by atoms with Gasteiger partial charge in [-0.3, -0.25) is 33.7 Å². The van der Waals surface area contributed by atoms with Gasteiger partial charge < -0.3 is 19.6 Å². The Labute approximate surface area is 245 Å². The predicted octanol–water partition coefficient (Wildman–Crippen LogP) is 1.46. The number of pyridine rings is 2. The second kappa shape index (κ2) is 16.2. The monoisotopic (exact) mass is 621 g/mol. The van der Waals surface area contributed by atoms with E-state index in [0.29, 0.717) is 82.5 Å². The Morgan fingerprint density at radius 1 is 0.762 bits per heavy atom. The van der Waals surface area contributed by atoms with E-state index in [4.69, 9.17) is 12.0 Å². The van der Waals surface area contributed by atoms with Crippen LogP contribution in [0.2, 0.25) is 0 Å². The van der Waals surface area contributed by atoms with Crippen LogP contribution in [0.5, 0.6) is 0 Å². The first-order valence-corrected chi connectivity index (χ1v) is 16.9. The van der Waals surface area contributed by atoms with E-state index in [0.717, 1.165) is 5.69 Å². The standard InChI is InChI=1S/C25H37N9O6P2/c1-2-22-5-3-7-24(28-22)18-31-9-13-33(20-41(35,36)37)15-11-32(12-16-34(14-10-31)21-42(38,39)40)19-25-8-4-6-23(29-25)17-27-30-26/h1,3-8H,9-21H2,(H2,35,36,37)(H2,38,39,40). The molecule has 2 aromatic heterocycles. The third-order valence-electron chi connectivity index (χ3n) is 6.58. The van der Waals surface area contributed by atoms with Crippen molar-refractivity contribution in [1.82, 2.24) is 29.6 Å². The van der Waals surface area contributed by atoms with Gasteiger partial charge in [-0.05, 0) is 29.8 Å². The van der Waals surface area contributed by atoms with Crippen molar-refractivity contribution >= 4 is 15.2 Å². The summed E-state index contributed by atoms with van der Waals surface area (Å²) < 4.78 is 23.9. The molecule has 1 aliphatic heterocycles. The zero-order valence-corrected chi connectivity index (χ0v) is 25.0. The molecule has 0 spiro atoms. The number of nitrogens with zero attached hydrogens (tertiary/aromatic N) is 9. The summed E-state index contributed by atoms with van der Waals surface area (Å²) >= 11 is 0. The summed E-state index contributed by atoms with van der Waals surface area (Å²) in [4.78, 5) is 58.3. The maximum absolute atomic E-state index is 12.0. The Bertz CT molecular complexity index is 1320. The number of aromatic nitrogens is 2. The Morgan fingerprint density at radius 3 is 1.64 bits per heavy atom. The smallest absolute Gasteiger partial charge is 0.324 e. The molecule has 1 saturated heterocycles. The molecule has 228 valence electrons. The molecule has 0 amide bonds. The van der Waals surface area contributed by atoms with Gasteiger partial charge in [-0.2, -0.15) is 0 Å². The van der Waals surface area contributed by atoms with Crippen LogP contribution in [0.25, 0.3) is 10.4 Å². The average Bonchev–Trinajstić information content (AvgIpc) is 2.92. The molecule has 1 aliphatic rings. The number of rotatable bonds is 10. The summed E-state index contributed by atoms with van der Waals surface area (Å²) in [5.74, 6) is 2.51. The minimum Gasteiger partial charge on any atom is -0.324 e. The van der Waals surface area contributed by atoms with Crippen LogP contribution in [0.4, 0.5) is 0 Å². The van der Waals surface area contributed by atoms with Gasteiger partial charge in [0.2, 0.25) is 0 Å². The highest BCUT2D eigenvalue weighted by Gasteiger charge is 2.25. The molecule has 0 unspecified atom stereocenters. The first-order valence-electron chi connectivity index (χ1n) is 13.3. The first-order chi connectivity index (χ1) is 19.9. The maximum Gasteiger partial charge on any atom is 0.339 e. The molecule has 0 bridgehead atoms. The lowest BCUT2D eigenvalue weighted by atomic mass is 10.2. The third kappa shape index (κ3) is 13.1. The predicted molar refractivity (Wildman–Crippen MR) is 157 cm³/mol. The molecule has 0 radical (unpaired) electrons. The second-order valence-electron chi connectivity index (χ2n) is 10.1. The molecular weight excluding hydrogens is 584 g/mol. The Hall–Kier alpha value is -2.69. The van der Waals surface area contributed by atoms with E-state index in [2.05, 4.69) is 25.9 Å². The molecule has 42 heavy (non-hydrogen) atoms. The summed E-state index contributed by atoms with van der Waals surface area (Å²) in [7, 11) is -8.68. The molecule has 17 heteroatoms. The molecular formula is C25H37N9O6P2. The van der Waals surface area contributed by atoms with Crippen molar-refractivity contribution in [2.75, 3.05) is 64.9 Å². The van der Waals surface area contributed by atoms with Gasteiger partial charge in [0, 0.05) is 76.1 Å². The van der Waals surface area contributed by atoms with Gasteiger partial charge in [-0.1, -0.05) is 23.2 Å². The summed E-state index contributed by atoms with van der Waals surface area (Å²) in [5.41, 5.74) is 11.2. The zero-order chi connectivity index (χ0) is 30.6. The zero-order valence-electron chi connectivity index (χ0n) is 23.3. The van der Waals surface area contributed by atoms with Crippen LogP contribution in [-0.2, 0) is 28.8 Å². The Balaban J connectivity index is 1.82. The minimum absolute atomic E-state index is 0.107. The van der Waals surface area contributed by atoms with Gasteiger partial charge in [-0.15, -0.1) is 6.42 Å². The summed E-state index contributed by atoms with van der Waals surface area (Å²) in [6.45, 7) is 4.04. The van der Waals surface area contributed by atoms with Crippen molar-refractivity contribution in [2.24, 2.45) is 5.11 Å². The lowest BCUT2D eigenvalue weighted by molar-refractivity contribution is 0.135. The van der Waals surface area contributed by atoms with Crippen LogP contribution in [0.15, 0.2) is 41.5 Å². The molecule has 3 rings (SSSR count). The summed E-state index contributed by atoms with van der Waals surface area (Å²) in [5, 5.41) is 3.56. The van der Waals surface area contributed by atoms with Crippen LogP contribution in [0, 0.1) is 12.3 Å². The van der Waals surface area contributed by atoms with E-state index < -0.39 is 27.8 Å². The molecule has 0 saturated carbocycles. The molecule has 2 aromatic rings. The van der Waals surface area contributed by atoms with Crippen molar-refractivity contribution in [1.29, 1.82) is 0 Å². The largest absolute Gasteiger partial charge is 0.339 e. The topological polar surface area (TPSA) is 203 Å². The van der Waals surface area contributed by atoms with Gasteiger partial charge in [0.25, 0.3) is 0 Å². The van der Waals surface area contributed by atoms with Gasteiger partial charge >= 0.3 is 15.2 Å². The summed E-state index contributed by atoms with van der Waals surface area (Å²) in [6.07, 6.45) is 4.70. The van der Waals surface area contributed by atoms with Crippen molar-refractivity contribution < 1.29 is 28.7 Å². The summed E-state index contributed by atoms with van der Waals surface area (Å²) in [6, 6.07) is 10.8. The van der Waals surface area contributed by atoms with Crippen LogP contribution < -0.4 is 0 Å². The van der Waals surface area contributed by atoms with E-state index >= 15 is 0 Å².